The first kappa shape index (κ1) is 12.0. The summed E-state index contributed by atoms with van der Waals surface area (Å²) >= 11 is 0. The van der Waals surface area contributed by atoms with E-state index in [4.69, 9.17) is 10.5 Å². The van der Waals surface area contributed by atoms with Gasteiger partial charge in [0.15, 0.2) is 0 Å². The van der Waals surface area contributed by atoms with Crippen LogP contribution in [0, 0.1) is 29.6 Å². The van der Waals surface area contributed by atoms with Crippen LogP contribution in [-0.4, -0.2) is 18.8 Å². The lowest BCUT2D eigenvalue weighted by molar-refractivity contribution is -0.105. The van der Waals surface area contributed by atoms with Crippen molar-refractivity contribution in [2.24, 2.45) is 35.3 Å². The quantitative estimate of drug-likeness (QED) is 0.816. The number of hydrogen-bond donors (Lipinski definition) is 1. The van der Waals surface area contributed by atoms with Crippen molar-refractivity contribution in [3.05, 3.63) is 0 Å². The molecule has 4 rings (SSSR count). The van der Waals surface area contributed by atoms with E-state index in [0.717, 1.165) is 36.2 Å². The molecule has 4 fully saturated rings. The van der Waals surface area contributed by atoms with Gasteiger partial charge < -0.3 is 10.5 Å². The highest BCUT2D eigenvalue weighted by Gasteiger charge is 2.48. The zero-order valence-electron chi connectivity index (χ0n) is 11.3. The first-order chi connectivity index (χ1) is 8.07. The van der Waals surface area contributed by atoms with E-state index in [-0.39, 0.29) is 5.60 Å². The molecule has 0 unspecified atom stereocenters. The Bertz CT molecular complexity index is 259. The van der Waals surface area contributed by atoms with Crippen LogP contribution >= 0.6 is 0 Å². The van der Waals surface area contributed by atoms with E-state index in [1.807, 2.05) is 0 Å². The molecule has 0 atom stereocenters. The van der Waals surface area contributed by atoms with Gasteiger partial charge in [0.05, 0.1) is 12.2 Å². The van der Waals surface area contributed by atoms with Gasteiger partial charge in [-0.1, -0.05) is 0 Å². The summed E-state index contributed by atoms with van der Waals surface area (Å²) in [7, 11) is 0. The monoisotopic (exact) mass is 237 g/mol. The minimum atomic E-state index is -0.130. The number of hydrogen-bond acceptors (Lipinski definition) is 2. The van der Waals surface area contributed by atoms with E-state index >= 15 is 0 Å². The van der Waals surface area contributed by atoms with Gasteiger partial charge in [-0.2, -0.15) is 0 Å². The Kier molecular flexibility index (Phi) is 2.99. The Labute approximate surface area is 105 Å². The topological polar surface area (TPSA) is 35.2 Å². The lowest BCUT2D eigenvalue weighted by Crippen LogP contribution is -2.48. The van der Waals surface area contributed by atoms with E-state index in [0.29, 0.717) is 6.54 Å². The molecule has 2 heteroatoms. The van der Waals surface area contributed by atoms with Crippen molar-refractivity contribution in [2.45, 2.75) is 51.6 Å². The van der Waals surface area contributed by atoms with E-state index in [1.54, 1.807) is 0 Å². The van der Waals surface area contributed by atoms with Gasteiger partial charge in [0.1, 0.15) is 0 Å². The van der Waals surface area contributed by atoms with Crippen LogP contribution in [0.3, 0.4) is 0 Å². The highest BCUT2D eigenvalue weighted by Crippen LogP contribution is 2.56. The maximum absolute atomic E-state index is 6.08. The van der Waals surface area contributed by atoms with Crippen molar-refractivity contribution in [1.82, 2.24) is 0 Å². The largest absolute Gasteiger partial charge is 0.374 e. The van der Waals surface area contributed by atoms with E-state index in [9.17, 15) is 0 Å². The predicted octanol–water partition coefficient (Wildman–Crippen LogP) is 2.81. The minimum absolute atomic E-state index is 0.130. The molecule has 0 spiro atoms. The Balaban J connectivity index is 1.61. The minimum Gasteiger partial charge on any atom is -0.374 e. The number of rotatable bonds is 4. The fourth-order valence-corrected chi connectivity index (χ4v) is 4.69. The van der Waals surface area contributed by atoms with E-state index < -0.39 is 0 Å². The van der Waals surface area contributed by atoms with Crippen molar-refractivity contribution >= 4 is 0 Å². The molecule has 2 N–H and O–H groups in total. The van der Waals surface area contributed by atoms with Crippen molar-refractivity contribution in [1.29, 1.82) is 0 Å². The first-order valence-corrected chi connectivity index (χ1v) is 7.41. The Morgan fingerprint density at radius 3 is 2.00 bits per heavy atom. The fraction of sp³-hybridized carbons (Fsp3) is 1.00. The lowest BCUT2D eigenvalue weighted by atomic mass is 9.52. The molecule has 4 aliphatic rings. The molecule has 0 aromatic carbocycles. The Morgan fingerprint density at radius 2 is 1.53 bits per heavy atom. The van der Waals surface area contributed by atoms with Crippen molar-refractivity contribution in [3.63, 3.8) is 0 Å². The van der Waals surface area contributed by atoms with Crippen LogP contribution < -0.4 is 5.73 Å². The smallest absolute Gasteiger partial charge is 0.0748 e. The molecule has 0 amide bonds. The molecule has 0 saturated heterocycles. The third-order valence-corrected chi connectivity index (χ3v) is 5.58. The molecule has 17 heavy (non-hydrogen) atoms. The molecule has 0 aliphatic heterocycles. The van der Waals surface area contributed by atoms with Gasteiger partial charge in [0, 0.05) is 6.54 Å². The van der Waals surface area contributed by atoms with E-state index in [2.05, 4.69) is 13.8 Å². The summed E-state index contributed by atoms with van der Waals surface area (Å²) in [6.45, 7) is 5.81. The summed E-state index contributed by atoms with van der Waals surface area (Å²) in [6.07, 6.45) is 7.50. The van der Waals surface area contributed by atoms with Gasteiger partial charge in [-0.05, 0) is 75.5 Å². The van der Waals surface area contributed by atoms with Gasteiger partial charge >= 0.3 is 0 Å². The fourth-order valence-electron chi connectivity index (χ4n) is 4.69. The van der Waals surface area contributed by atoms with Crippen LogP contribution in [0.25, 0.3) is 0 Å². The van der Waals surface area contributed by atoms with Crippen LogP contribution in [0.2, 0.25) is 0 Å². The van der Waals surface area contributed by atoms with Crippen molar-refractivity contribution in [2.75, 3.05) is 13.2 Å². The summed E-state index contributed by atoms with van der Waals surface area (Å²) in [5.41, 5.74) is 5.61. The van der Waals surface area contributed by atoms with Crippen LogP contribution in [0.1, 0.15) is 46.0 Å². The van der Waals surface area contributed by atoms with Gasteiger partial charge in [0.2, 0.25) is 0 Å². The SMILES string of the molecule is CC(C)(CN)OCC1C2CC3CC(C2)CC1C3. The van der Waals surface area contributed by atoms with Gasteiger partial charge in [-0.15, -0.1) is 0 Å². The van der Waals surface area contributed by atoms with Crippen molar-refractivity contribution < 1.29 is 4.74 Å². The van der Waals surface area contributed by atoms with E-state index in [1.165, 1.54) is 32.1 Å². The maximum atomic E-state index is 6.08. The highest BCUT2D eigenvalue weighted by molar-refractivity contribution is 4.98. The molecule has 2 nitrogen and oxygen atoms in total. The summed E-state index contributed by atoms with van der Waals surface area (Å²) in [5.74, 6) is 4.92. The first-order valence-electron chi connectivity index (χ1n) is 7.41. The van der Waals surface area contributed by atoms with Gasteiger partial charge in [-0.3, -0.25) is 0 Å². The molecule has 0 heterocycles. The Morgan fingerprint density at radius 1 is 1.00 bits per heavy atom. The summed E-state index contributed by atoms with van der Waals surface area (Å²) in [4.78, 5) is 0. The second-order valence-electron chi connectivity index (χ2n) is 7.37. The normalized spacial score (nSPS) is 44.3. The lowest BCUT2D eigenvalue weighted by Gasteiger charge is -2.54. The summed E-state index contributed by atoms with van der Waals surface area (Å²) in [6, 6.07) is 0. The third-order valence-electron chi connectivity index (χ3n) is 5.58. The van der Waals surface area contributed by atoms with Crippen LogP contribution in [0.5, 0.6) is 0 Å². The van der Waals surface area contributed by atoms with Crippen LogP contribution in [0.4, 0.5) is 0 Å². The van der Waals surface area contributed by atoms with Gasteiger partial charge in [-0.25, -0.2) is 0 Å². The molecule has 4 saturated carbocycles. The van der Waals surface area contributed by atoms with Crippen LogP contribution in [0.15, 0.2) is 0 Å². The predicted molar refractivity (Wildman–Crippen MR) is 69.6 cm³/mol. The second kappa shape index (κ2) is 4.24. The van der Waals surface area contributed by atoms with Crippen LogP contribution in [-0.2, 0) is 4.74 Å². The molecule has 4 bridgehead atoms. The molecule has 0 aromatic heterocycles. The average Bonchev–Trinajstić information content (AvgIpc) is 2.27. The molecule has 0 aromatic rings. The van der Waals surface area contributed by atoms with Crippen molar-refractivity contribution in [3.8, 4) is 0 Å². The highest BCUT2D eigenvalue weighted by atomic mass is 16.5. The summed E-state index contributed by atoms with van der Waals surface area (Å²) in [5, 5.41) is 0. The molecule has 4 aliphatic carbocycles. The average molecular weight is 237 g/mol. The molecular weight excluding hydrogens is 210 g/mol. The second-order valence-corrected chi connectivity index (χ2v) is 7.37. The third kappa shape index (κ3) is 2.26. The zero-order valence-corrected chi connectivity index (χ0v) is 11.3. The standard InChI is InChI=1S/C15H27NO/c1-15(2,9-16)17-8-14-12-4-10-3-11(6-12)7-13(14)5-10/h10-14H,3-9,16H2,1-2H3. The van der Waals surface area contributed by atoms with Gasteiger partial charge in [0.25, 0.3) is 0 Å². The Hall–Kier alpha value is -0.0800. The molecular formula is C15H27NO. The maximum Gasteiger partial charge on any atom is 0.0748 e. The number of nitrogens with two attached hydrogens (primary N) is 1. The zero-order chi connectivity index (χ0) is 12.0. The number of ether oxygens (including phenoxy) is 1. The molecule has 0 radical (unpaired) electrons. The summed E-state index contributed by atoms with van der Waals surface area (Å²) < 4.78 is 6.08. The molecule has 98 valence electrons.